The highest BCUT2D eigenvalue weighted by molar-refractivity contribution is 7.18. The number of nitrogens with one attached hydrogen (secondary N) is 1. The van der Waals surface area contributed by atoms with Gasteiger partial charge in [0, 0.05) is 30.7 Å². The largest absolute Gasteiger partial charge is 0.339 e. The first-order valence-electron chi connectivity index (χ1n) is 7.95. The molecule has 1 N–H and O–H groups in total. The van der Waals surface area contributed by atoms with Crippen LogP contribution in [0, 0.1) is 6.92 Å². The number of hydrogen-bond donors (Lipinski definition) is 1. The van der Waals surface area contributed by atoms with E-state index in [4.69, 9.17) is 0 Å². The summed E-state index contributed by atoms with van der Waals surface area (Å²) >= 11 is 1.65. The first-order chi connectivity index (χ1) is 10.5. The van der Waals surface area contributed by atoms with Crippen molar-refractivity contribution in [1.82, 2.24) is 15.2 Å². The smallest absolute Gasteiger partial charge is 0.253 e. The fourth-order valence-corrected chi connectivity index (χ4v) is 3.94. The van der Waals surface area contributed by atoms with Crippen LogP contribution in [0.1, 0.15) is 42.1 Å². The summed E-state index contributed by atoms with van der Waals surface area (Å²) in [5, 5.41) is 4.61. The van der Waals surface area contributed by atoms with Crippen molar-refractivity contribution in [1.29, 1.82) is 0 Å². The minimum absolute atomic E-state index is 0.149. The molecule has 2 aromatic rings. The number of thiazole rings is 1. The molecular formula is C17H23N3OS. The van der Waals surface area contributed by atoms with Crippen LogP contribution in [0.2, 0.25) is 0 Å². The third-order valence-electron chi connectivity index (χ3n) is 4.09. The number of benzene rings is 1. The summed E-state index contributed by atoms with van der Waals surface area (Å²) in [4.78, 5) is 19.1. The quantitative estimate of drug-likeness (QED) is 0.945. The van der Waals surface area contributed by atoms with Gasteiger partial charge in [-0.15, -0.1) is 11.3 Å². The zero-order valence-electron chi connectivity index (χ0n) is 13.4. The molecule has 0 unspecified atom stereocenters. The fourth-order valence-electron chi connectivity index (χ4n) is 3.08. The van der Waals surface area contributed by atoms with Crippen LogP contribution in [-0.4, -0.2) is 41.0 Å². The standard InChI is InChI=1S/C17H23N3OS/c1-11(2)18-14-6-8-20(9-7-14)17(21)13-4-5-15-16(10-13)22-12(3)19-15/h4-5,10-11,14,18H,6-9H2,1-3H3. The van der Waals surface area contributed by atoms with E-state index in [1.54, 1.807) is 11.3 Å². The Hall–Kier alpha value is -1.46. The van der Waals surface area contributed by atoms with Gasteiger partial charge in [-0.25, -0.2) is 4.98 Å². The van der Waals surface area contributed by atoms with Crippen LogP contribution in [0.5, 0.6) is 0 Å². The lowest BCUT2D eigenvalue weighted by atomic mass is 10.0. The van der Waals surface area contributed by atoms with Crippen LogP contribution in [0.4, 0.5) is 0 Å². The Labute approximate surface area is 135 Å². The zero-order valence-corrected chi connectivity index (χ0v) is 14.2. The van der Waals surface area contributed by atoms with Crippen molar-refractivity contribution in [3.8, 4) is 0 Å². The third kappa shape index (κ3) is 3.31. The topological polar surface area (TPSA) is 45.2 Å². The van der Waals surface area contributed by atoms with E-state index in [9.17, 15) is 4.79 Å². The molecule has 4 nitrogen and oxygen atoms in total. The molecule has 0 atom stereocenters. The van der Waals surface area contributed by atoms with Gasteiger partial charge in [0.05, 0.1) is 15.2 Å². The second kappa shape index (κ2) is 6.34. The number of carbonyl (C=O) groups excluding carboxylic acids is 1. The normalized spacial score (nSPS) is 16.6. The number of hydrogen-bond acceptors (Lipinski definition) is 4. The summed E-state index contributed by atoms with van der Waals surface area (Å²) in [6.45, 7) is 8.01. The van der Waals surface area contributed by atoms with Gasteiger partial charge in [0.2, 0.25) is 0 Å². The first-order valence-corrected chi connectivity index (χ1v) is 8.77. The van der Waals surface area contributed by atoms with Gasteiger partial charge in [0.15, 0.2) is 0 Å². The lowest BCUT2D eigenvalue weighted by molar-refractivity contribution is 0.0703. The molecule has 118 valence electrons. The average Bonchev–Trinajstić information content (AvgIpc) is 2.85. The summed E-state index contributed by atoms with van der Waals surface area (Å²) in [5.41, 5.74) is 1.77. The van der Waals surface area contributed by atoms with Crippen molar-refractivity contribution in [2.75, 3.05) is 13.1 Å². The minimum Gasteiger partial charge on any atom is -0.339 e. The van der Waals surface area contributed by atoms with Crippen LogP contribution in [0.25, 0.3) is 10.2 Å². The van der Waals surface area contributed by atoms with Crippen LogP contribution in [0.15, 0.2) is 18.2 Å². The average molecular weight is 317 g/mol. The summed E-state index contributed by atoms with van der Waals surface area (Å²) < 4.78 is 1.10. The van der Waals surface area contributed by atoms with E-state index in [1.165, 1.54) is 0 Å². The maximum Gasteiger partial charge on any atom is 0.253 e. The second-order valence-corrected chi connectivity index (χ2v) is 7.54. The number of aromatic nitrogens is 1. The molecule has 22 heavy (non-hydrogen) atoms. The van der Waals surface area contributed by atoms with Gasteiger partial charge in [-0.05, 0) is 38.0 Å². The Morgan fingerprint density at radius 2 is 2.09 bits per heavy atom. The Morgan fingerprint density at radius 1 is 1.36 bits per heavy atom. The number of likely N-dealkylation sites (tertiary alicyclic amines) is 1. The SMILES string of the molecule is Cc1nc2ccc(C(=O)N3CCC(NC(C)C)CC3)cc2s1. The van der Waals surface area contributed by atoms with Crippen molar-refractivity contribution in [3.05, 3.63) is 28.8 Å². The second-order valence-electron chi connectivity index (χ2n) is 6.30. The van der Waals surface area contributed by atoms with E-state index < -0.39 is 0 Å². The molecule has 1 amide bonds. The van der Waals surface area contributed by atoms with Gasteiger partial charge in [0.25, 0.3) is 5.91 Å². The van der Waals surface area contributed by atoms with Gasteiger partial charge in [-0.1, -0.05) is 13.8 Å². The van der Waals surface area contributed by atoms with Gasteiger partial charge in [0.1, 0.15) is 0 Å². The van der Waals surface area contributed by atoms with Crippen molar-refractivity contribution in [2.45, 2.75) is 45.7 Å². The van der Waals surface area contributed by atoms with E-state index in [-0.39, 0.29) is 5.91 Å². The lowest BCUT2D eigenvalue weighted by Crippen LogP contribution is -2.46. The highest BCUT2D eigenvalue weighted by Gasteiger charge is 2.24. The zero-order chi connectivity index (χ0) is 15.7. The monoisotopic (exact) mass is 317 g/mol. The van der Waals surface area contributed by atoms with Crippen LogP contribution < -0.4 is 5.32 Å². The van der Waals surface area contributed by atoms with Gasteiger partial charge in [-0.2, -0.15) is 0 Å². The van der Waals surface area contributed by atoms with Crippen molar-refractivity contribution in [2.24, 2.45) is 0 Å². The number of carbonyl (C=O) groups is 1. The Morgan fingerprint density at radius 3 is 2.77 bits per heavy atom. The molecule has 0 radical (unpaired) electrons. The summed E-state index contributed by atoms with van der Waals surface area (Å²) in [6.07, 6.45) is 2.07. The summed E-state index contributed by atoms with van der Waals surface area (Å²) in [7, 11) is 0. The van der Waals surface area contributed by atoms with E-state index >= 15 is 0 Å². The molecule has 2 heterocycles. The van der Waals surface area contributed by atoms with Gasteiger partial charge >= 0.3 is 0 Å². The van der Waals surface area contributed by atoms with E-state index in [0.717, 1.165) is 46.7 Å². The summed E-state index contributed by atoms with van der Waals surface area (Å²) in [5.74, 6) is 0.149. The van der Waals surface area contributed by atoms with E-state index in [1.807, 2.05) is 30.0 Å². The molecule has 0 saturated carbocycles. The number of rotatable bonds is 3. The van der Waals surface area contributed by atoms with Crippen molar-refractivity contribution >= 4 is 27.5 Å². The predicted octanol–water partition coefficient (Wildman–Crippen LogP) is 3.21. The lowest BCUT2D eigenvalue weighted by Gasteiger charge is -2.33. The van der Waals surface area contributed by atoms with Crippen molar-refractivity contribution in [3.63, 3.8) is 0 Å². The molecule has 1 aliphatic heterocycles. The molecule has 1 aromatic carbocycles. The molecule has 3 rings (SSSR count). The number of amides is 1. The number of fused-ring (bicyclic) bond motifs is 1. The molecule has 0 spiro atoms. The number of aryl methyl sites for hydroxylation is 1. The molecule has 1 saturated heterocycles. The summed E-state index contributed by atoms with van der Waals surface area (Å²) in [6, 6.07) is 6.89. The Balaban J connectivity index is 1.68. The first kappa shape index (κ1) is 15.4. The molecule has 1 aliphatic rings. The molecule has 0 aliphatic carbocycles. The molecular weight excluding hydrogens is 294 g/mol. The van der Waals surface area contributed by atoms with Crippen LogP contribution in [-0.2, 0) is 0 Å². The highest BCUT2D eigenvalue weighted by atomic mass is 32.1. The molecule has 1 aromatic heterocycles. The van der Waals surface area contributed by atoms with Gasteiger partial charge < -0.3 is 10.2 Å². The third-order valence-corrected chi connectivity index (χ3v) is 5.03. The number of nitrogens with zero attached hydrogens (tertiary/aromatic N) is 2. The molecule has 1 fully saturated rings. The molecule has 5 heteroatoms. The van der Waals surface area contributed by atoms with E-state index in [2.05, 4.69) is 24.1 Å². The Kier molecular flexibility index (Phi) is 4.45. The fraction of sp³-hybridized carbons (Fsp3) is 0.529. The van der Waals surface area contributed by atoms with E-state index in [0.29, 0.717) is 12.1 Å². The van der Waals surface area contributed by atoms with Crippen molar-refractivity contribution < 1.29 is 4.79 Å². The number of piperidine rings is 1. The van der Waals surface area contributed by atoms with Gasteiger partial charge in [-0.3, -0.25) is 4.79 Å². The minimum atomic E-state index is 0.149. The highest BCUT2D eigenvalue weighted by Crippen LogP contribution is 2.24. The molecule has 0 bridgehead atoms. The maximum atomic E-state index is 12.7. The van der Waals surface area contributed by atoms with Crippen LogP contribution in [0.3, 0.4) is 0 Å². The predicted molar refractivity (Wildman–Crippen MR) is 91.6 cm³/mol. The maximum absolute atomic E-state index is 12.7. The Bertz CT molecular complexity index is 672. The van der Waals surface area contributed by atoms with Crippen LogP contribution >= 0.6 is 11.3 Å².